The minimum atomic E-state index is 0.892. The van der Waals surface area contributed by atoms with Crippen molar-refractivity contribution in [3.63, 3.8) is 0 Å². The molecule has 0 amide bonds. The molecule has 4 nitrogen and oxygen atoms in total. The summed E-state index contributed by atoms with van der Waals surface area (Å²) in [5, 5.41) is 1.04. The number of fused-ring (bicyclic) bond motifs is 11. The lowest BCUT2D eigenvalue weighted by atomic mass is 10.1. The van der Waals surface area contributed by atoms with Crippen LogP contribution in [0.1, 0.15) is 11.1 Å². The van der Waals surface area contributed by atoms with Crippen LogP contribution in [0.15, 0.2) is 73.1 Å². The normalized spacial score (nSPS) is 12.9. The van der Waals surface area contributed by atoms with E-state index >= 15 is 0 Å². The molecule has 1 aliphatic rings. The summed E-state index contributed by atoms with van der Waals surface area (Å²) < 4.78 is 2.22. The van der Waals surface area contributed by atoms with Crippen molar-refractivity contribution in [2.24, 2.45) is 0 Å². The standard InChI is InChI=1S/C24H14N4/c1-2-6-16-14(5-1)11-15-12-21-19(13-18(15)16)27-24-23-17(7-3-9-26-23)22-20(28(21)24)8-4-10-25-22/h1-10,12-13H,11H2. The van der Waals surface area contributed by atoms with E-state index in [0.717, 1.165) is 45.0 Å². The second kappa shape index (κ2) is 4.93. The third-order valence-corrected chi connectivity index (χ3v) is 5.87. The fourth-order valence-electron chi connectivity index (χ4n) is 4.67. The molecule has 4 heterocycles. The monoisotopic (exact) mass is 358 g/mol. The summed E-state index contributed by atoms with van der Waals surface area (Å²) in [6.07, 6.45) is 4.64. The van der Waals surface area contributed by atoms with Crippen LogP contribution in [0.25, 0.3) is 49.7 Å². The van der Waals surface area contributed by atoms with E-state index < -0.39 is 0 Å². The number of benzene rings is 2. The summed E-state index contributed by atoms with van der Waals surface area (Å²) in [4.78, 5) is 14.3. The van der Waals surface area contributed by atoms with E-state index in [-0.39, 0.29) is 0 Å². The lowest BCUT2D eigenvalue weighted by Crippen LogP contribution is -1.94. The first kappa shape index (κ1) is 14.3. The molecular formula is C24H14N4. The first-order valence-electron chi connectivity index (χ1n) is 9.43. The Labute approximate surface area is 160 Å². The van der Waals surface area contributed by atoms with Crippen molar-refractivity contribution in [3.8, 4) is 11.1 Å². The summed E-state index contributed by atoms with van der Waals surface area (Å²) in [6, 6.07) is 21.3. The van der Waals surface area contributed by atoms with Crippen LogP contribution in [-0.4, -0.2) is 19.4 Å². The summed E-state index contributed by atoms with van der Waals surface area (Å²) in [5.74, 6) is 0. The minimum Gasteiger partial charge on any atom is -0.289 e. The Morgan fingerprint density at radius 3 is 2.54 bits per heavy atom. The van der Waals surface area contributed by atoms with Crippen LogP contribution in [0.2, 0.25) is 0 Å². The zero-order valence-corrected chi connectivity index (χ0v) is 14.9. The van der Waals surface area contributed by atoms with Gasteiger partial charge < -0.3 is 0 Å². The number of hydrogen-bond donors (Lipinski definition) is 0. The van der Waals surface area contributed by atoms with Crippen molar-refractivity contribution in [2.75, 3.05) is 0 Å². The molecule has 0 aliphatic heterocycles. The second-order valence-corrected chi connectivity index (χ2v) is 7.37. The molecule has 4 aromatic heterocycles. The molecule has 0 unspecified atom stereocenters. The van der Waals surface area contributed by atoms with Gasteiger partial charge >= 0.3 is 0 Å². The number of nitrogens with zero attached hydrogens (tertiary/aromatic N) is 4. The topological polar surface area (TPSA) is 43.1 Å². The molecule has 2 aromatic carbocycles. The zero-order valence-electron chi connectivity index (χ0n) is 14.9. The Morgan fingerprint density at radius 2 is 1.57 bits per heavy atom. The molecule has 4 heteroatoms. The van der Waals surface area contributed by atoms with Crippen LogP contribution in [0.5, 0.6) is 0 Å². The van der Waals surface area contributed by atoms with Gasteiger partial charge in [-0.1, -0.05) is 24.3 Å². The van der Waals surface area contributed by atoms with Crippen LogP contribution in [0.4, 0.5) is 0 Å². The highest BCUT2D eigenvalue weighted by molar-refractivity contribution is 6.10. The largest absolute Gasteiger partial charge is 0.289 e. The lowest BCUT2D eigenvalue weighted by molar-refractivity contribution is 1.24. The third kappa shape index (κ3) is 1.68. The minimum absolute atomic E-state index is 0.892. The summed E-state index contributed by atoms with van der Waals surface area (Å²) in [6.45, 7) is 0. The first-order valence-corrected chi connectivity index (χ1v) is 9.43. The van der Waals surface area contributed by atoms with E-state index in [1.54, 1.807) is 0 Å². The van der Waals surface area contributed by atoms with Crippen molar-refractivity contribution < 1.29 is 0 Å². The van der Waals surface area contributed by atoms with Gasteiger partial charge in [-0.05, 0) is 65.1 Å². The Hall–Kier alpha value is -3.79. The Bertz CT molecular complexity index is 1590. The fraction of sp³-hybridized carbons (Fsp3) is 0.0417. The van der Waals surface area contributed by atoms with E-state index in [4.69, 9.17) is 4.98 Å². The molecule has 0 saturated carbocycles. The van der Waals surface area contributed by atoms with Gasteiger partial charge in [0, 0.05) is 17.8 Å². The van der Waals surface area contributed by atoms with E-state index in [0.29, 0.717) is 0 Å². The van der Waals surface area contributed by atoms with Gasteiger partial charge in [-0.2, -0.15) is 0 Å². The van der Waals surface area contributed by atoms with Crippen LogP contribution in [0, 0.1) is 0 Å². The van der Waals surface area contributed by atoms with Crippen molar-refractivity contribution >= 4 is 38.6 Å². The van der Waals surface area contributed by atoms with Gasteiger partial charge in [-0.3, -0.25) is 14.4 Å². The van der Waals surface area contributed by atoms with Gasteiger partial charge in [0.2, 0.25) is 0 Å². The molecule has 0 bridgehead atoms. The molecule has 1 aliphatic carbocycles. The number of pyridine rings is 3. The molecule has 0 fully saturated rings. The van der Waals surface area contributed by atoms with E-state index in [2.05, 4.69) is 62.9 Å². The maximum absolute atomic E-state index is 5.02. The lowest BCUT2D eigenvalue weighted by Gasteiger charge is -2.07. The summed E-state index contributed by atoms with van der Waals surface area (Å²) in [7, 11) is 0. The number of hydrogen-bond acceptors (Lipinski definition) is 3. The molecule has 0 spiro atoms. The van der Waals surface area contributed by atoms with Gasteiger partial charge in [0.05, 0.1) is 22.1 Å². The van der Waals surface area contributed by atoms with E-state index in [9.17, 15) is 0 Å². The van der Waals surface area contributed by atoms with Gasteiger partial charge in [0.1, 0.15) is 5.52 Å². The zero-order chi connectivity index (χ0) is 18.2. The highest BCUT2D eigenvalue weighted by Gasteiger charge is 2.21. The van der Waals surface area contributed by atoms with Crippen LogP contribution < -0.4 is 0 Å². The van der Waals surface area contributed by atoms with Gasteiger partial charge in [-0.15, -0.1) is 0 Å². The van der Waals surface area contributed by atoms with Crippen LogP contribution in [-0.2, 0) is 6.42 Å². The summed E-state index contributed by atoms with van der Waals surface area (Å²) >= 11 is 0. The number of imidazole rings is 1. The average Bonchev–Trinajstić information content (AvgIpc) is 3.30. The summed E-state index contributed by atoms with van der Waals surface area (Å²) in [5.41, 5.74) is 11.3. The average molecular weight is 358 g/mol. The fourth-order valence-corrected chi connectivity index (χ4v) is 4.67. The van der Waals surface area contributed by atoms with E-state index in [1.165, 1.54) is 22.3 Å². The molecular weight excluding hydrogens is 344 g/mol. The number of rotatable bonds is 0. The molecule has 0 saturated heterocycles. The molecule has 7 rings (SSSR count). The van der Waals surface area contributed by atoms with Crippen molar-refractivity contribution in [2.45, 2.75) is 6.42 Å². The van der Waals surface area contributed by atoms with E-state index in [1.807, 2.05) is 24.5 Å². The highest BCUT2D eigenvalue weighted by Crippen LogP contribution is 2.40. The van der Waals surface area contributed by atoms with Gasteiger partial charge in [-0.25, -0.2) is 4.98 Å². The smallest absolute Gasteiger partial charge is 0.165 e. The van der Waals surface area contributed by atoms with Crippen molar-refractivity contribution in [1.82, 2.24) is 19.4 Å². The van der Waals surface area contributed by atoms with Crippen molar-refractivity contribution in [3.05, 3.63) is 84.2 Å². The maximum atomic E-state index is 5.02. The predicted octanol–water partition coefficient (Wildman–Crippen LogP) is 5.16. The Morgan fingerprint density at radius 1 is 0.714 bits per heavy atom. The molecule has 0 atom stereocenters. The van der Waals surface area contributed by atoms with Gasteiger partial charge in [0.15, 0.2) is 5.65 Å². The molecule has 130 valence electrons. The quantitative estimate of drug-likeness (QED) is 0.352. The third-order valence-electron chi connectivity index (χ3n) is 5.87. The predicted molar refractivity (Wildman–Crippen MR) is 112 cm³/mol. The number of aromatic nitrogens is 4. The second-order valence-electron chi connectivity index (χ2n) is 7.37. The molecule has 0 radical (unpaired) electrons. The maximum Gasteiger partial charge on any atom is 0.165 e. The van der Waals surface area contributed by atoms with Gasteiger partial charge in [0.25, 0.3) is 0 Å². The first-order chi connectivity index (χ1) is 13.9. The SMILES string of the molecule is c1ccc2c(c1)Cc1cc3c(cc1-2)nc1c2ncccc2c2ncccc2n31. The highest BCUT2D eigenvalue weighted by atomic mass is 15.0. The molecule has 0 N–H and O–H groups in total. The van der Waals surface area contributed by atoms with Crippen LogP contribution in [0.3, 0.4) is 0 Å². The molecule has 6 aromatic rings. The van der Waals surface area contributed by atoms with Crippen LogP contribution >= 0.6 is 0 Å². The van der Waals surface area contributed by atoms with Crippen molar-refractivity contribution in [1.29, 1.82) is 0 Å². The Kier molecular flexibility index (Phi) is 2.51. The Balaban J connectivity index is 1.70. The molecule has 28 heavy (non-hydrogen) atoms.